The van der Waals surface area contributed by atoms with Crippen LogP contribution in [-0.2, 0) is 0 Å². The van der Waals surface area contributed by atoms with E-state index in [4.69, 9.17) is 4.74 Å². The molecule has 0 radical (unpaired) electrons. The molecule has 0 saturated carbocycles. The minimum Gasteiger partial charge on any atom is -0.496 e. The topological polar surface area (TPSA) is 69.0 Å². The summed E-state index contributed by atoms with van der Waals surface area (Å²) >= 11 is 4.86. The maximum absolute atomic E-state index is 12.5. The molecule has 0 bridgehead atoms. The lowest BCUT2D eigenvalue weighted by molar-refractivity contribution is 0.100. The summed E-state index contributed by atoms with van der Waals surface area (Å²) in [4.78, 5) is 12.5. The van der Waals surface area contributed by atoms with Crippen LogP contribution in [0.2, 0.25) is 0 Å². The molecule has 0 aliphatic carbocycles. The van der Waals surface area contributed by atoms with Crippen LogP contribution >= 0.6 is 27.7 Å². The highest BCUT2D eigenvalue weighted by Crippen LogP contribution is 2.23. The lowest BCUT2D eigenvalue weighted by Crippen LogP contribution is -2.25. The number of rotatable bonds is 5. The molecule has 1 amide bonds. The first kappa shape index (κ1) is 15.8. The summed E-state index contributed by atoms with van der Waals surface area (Å²) in [5.74, 6) is 1.68. The minimum atomic E-state index is -0.283. The Kier molecular flexibility index (Phi) is 5.24. The quantitative estimate of drug-likeness (QED) is 0.819. The molecule has 0 atom stereocenters. The predicted molar refractivity (Wildman–Crippen MR) is 85.5 cm³/mol. The summed E-state index contributed by atoms with van der Waals surface area (Å²) in [5.41, 5.74) is 3.23. The second kappa shape index (κ2) is 6.95. The number of carbonyl (C=O) groups is 1. The first-order valence-corrected chi connectivity index (χ1v) is 8.04. The fourth-order valence-corrected chi connectivity index (χ4v) is 2.74. The van der Waals surface area contributed by atoms with E-state index in [1.807, 2.05) is 13.0 Å². The van der Waals surface area contributed by atoms with Crippen LogP contribution in [0.3, 0.4) is 0 Å². The molecule has 8 heteroatoms. The molecular weight excluding hydrogens is 356 g/mol. The van der Waals surface area contributed by atoms with Crippen molar-refractivity contribution in [3.8, 4) is 5.75 Å². The average Bonchev–Trinajstić information content (AvgIpc) is 2.80. The molecule has 0 unspecified atom stereocenters. The standard InChI is InChI=1S/C13H15BrN4O2S/c1-4-21-13-16-15-8(2)18(13)17-12(19)10-7-9(14)5-6-11(10)20-3/h5-7H,4H2,1-3H3,(H,17,19). The summed E-state index contributed by atoms with van der Waals surface area (Å²) in [7, 11) is 1.53. The van der Waals surface area contributed by atoms with Gasteiger partial charge in [0.1, 0.15) is 11.6 Å². The number of aromatic nitrogens is 3. The van der Waals surface area contributed by atoms with Crippen molar-refractivity contribution in [2.24, 2.45) is 0 Å². The predicted octanol–water partition coefficient (Wildman–Crippen LogP) is 2.85. The highest BCUT2D eigenvalue weighted by atomic mass is 79.9. The smallest absolute Gasteiger partial charge is 0.274 e. The number of benzene rings is 1. The van der Waals surface area contributed by atoms with E-state index in [-0.39, 0.29) is 5.91 Å². The summed E-state index contributed by atoms with van der Waals surface area (Å²) in [6.07, 6.45) is 0. The van der Waals surface area contributed by atoms with Gasteiger partial charge in [-0.2, -0.15) is 0 Å². The summed E-state index contributed by atoms with van der Waals surface area (Å²) in [6.45, 7) is 3.79. The molecule has 0 aliphatic heterocycles. The first-order valence-electron chi connectivity index (χ1n) is 6.26. The van der Waals surface area contributed by atoms with E-state index < -0.39 is 0 Å². The number of nitrogens with zero attached hydrogens (tertiary/aromatic N) is 3. The number of methoxy groups -OCH3 is 1. The van der Waals surface area contributed by atoms with E-state index in [1.165, 1.54) is 18.9 Å². The van der Waals surface area contributed by atoms with Gasteiger partial charge in [0.25, 0.3) is 5.91 Å². The van der Waals surface area contributed by atoms with Gasteiger partial charge in [-0.1, -0.05) is 34.6 Å². The van der Waals surface area contributed by atoms with Gasteiger partial charge in [0, 0.05) is 4.47 Å². The third-order valence-electron chi connectivity index (χ3n) is 2.69. The molecule has 2 rings (SSSR count). The second-order valence-electron chi connectivity index (χ2n) is 4.08. The zero-order chi connectivity index (χ0) is 15.4. The van der Waals surface area contributed by atoms with Crippen LogP contribution < -0.4 is 10.2 Å². The van der Waals surface area contributed by atoms with Gasteiger partial charge in [0.2, 0.25) is 5.16 Å². The third-order valence-corrected chi connectivity index (χ3v) is 3.99. The number of hydrogen-bond donors (Lipinski definition) is 1. The number of halogens is 1. The van der Waals surface area contributed by atoms with Gasteiger partial charge in [-0.05, 0) is 30.9 Å². The molecule has 1 heterocycles. The van der Waals surface area contributed by atoms with Gasteiger partial charge < -0.3 is 4.74 Å². The van der Waals surface area contributed by atoms with Crippen molar-refractivity contribution in [1.29, 1.82) is 0 Å². The molecular formula is C13H15BrN4O2S. The molecule has 112 valence electrons. The van der Waals surface area contributed by atoms with Crippen molar-refractivity contribution >= 4 is 33.6 Å². The normalized spacial score (nSPS) is 10.5. The average molecular weight is 371 g/mol. The van der Waals surface area contributed by atoms with Crippen LogP contribution in [0.4, 0.5) is 0 Å². The fraction of sp³-hybridized carbons (Fsp3) is 0.308. The Labute approximate surface area is 135 Å². The largest absolute Gasteiger partial charge is 0.496 e. The van der Waals surface area contributed by atoms with Gasteiger partial charge in [0.15, 0.2) is 0 Å². The van der Waals surface area contributed by atoms with Crippen LogP contribution in [0.15, 0.2) is 27.8 Å². The third kappa shape index (κ3) is 3.56. The van der Waals surface area contributed by atoms with Crippen molar-refractivity contribution < 1.29 is 9.53 Å². The lowest BCUT2D eigenvalue weighted by Gasteiger charge is -2.12. The number of aryl methyl sites for hydroxylation is 1. The monoisotopic (exact) mass is 370 g/mol. The van der Waals surface area contributed by atoms with Crippen LogP contribution in [0.5, 0.6) is 5.75 Å². The molecule has 0 saturated heterocycles. The molecule has 0 fully saturated rings. The number of nitrogens with one attached hydrogen (secondary N) is 1. The minimum absolute atomic E-state index is 0.283. The van der Waals surface area contributed by atoms with Gasteiger partial charge in [-0.15, -0.1) is 10.2 Å². The van der Waals surface area contributed by atoms with Crippen molar-refractivity contribution in [1.82, 2.24) is 14.9 Å². The van der Waals surface area contributed by atoms with Crippen LogP contribution in [-0.4, -0.2) is 33.6 Å². The molecule has 21 heavy (non-hydrogen) atoms. The van der Waals surface area contributed by atoms with E-state index in [1.54, 1.807) is 23.7 Å². The number of carbonyl (C=O) groups excluding carboxylic acids is 1. The van der Waals surface area contributed by atoms with Gasteiger partial charge in [-0.3, -0.25) is 10.2 Å². The zero-order valence-corrected chi connectivity index (χ0v) is 14.3. The Bertz CT molecular complexity index is 660. The first-order chi connectivity index (χ1) is 10.1. The number of thioether (sulfide) groups is 1. The van der Waals surface area contributed by atoms with Gasteiger partial charge in [0.05, 0.1) is 12.7 Å². The molecule has 2 aromatic rings. The number of amides is 1. The van der Waals surface area contributed by atoms with E-state index >= 15 is 0 Å². The van der Waals surface area contributed by atoms with E-state index in [2.05, 4.69) is 31.6 Å². The maximum atomic E-state index is 12.5. The maximum Gasteiger partial charge on any atom is 0.274 e. The summed E-state index contributed by atoms with van der Waals surface area (Å²) in [5, 5.41) is 8.66. The van der Waals surface area contributed by atoms with E-state index in [9.17, 15) is 4.79 Å². The highest BCUT2D eigenvalue weighted by molar-refractivity contribution is 9.10. The lowest BCUT2D eigenvalue weighted by atomic mass is 10.2. The molecule has 1 N–H and O–H groups in total. The molecule has 0 aliphatic rings. The van der Waals surface area contributed by atoms with Crippen LogP contribution in [0.25, 0.3) is 0 Å². The van der Waals surface area contributed by atoms with E-state index in [0.29, 0.717) is 22.3 Å². The van der Waals surface area contributed by atoms with Crippen molar-refractivity contribution in [3.63, 3.8) is 0 Å². The molecule has 6 nitrogen and oxygen atoms in total. The molecule has 1 aromatic heterocycles. The van der Waals surface area contributed by atoms with Crippen LogP contribution in [0.1, 0.15) is 23.1 Å². The SMILES string of the molecule is CCSc1nnc(C)n1NC(=O)c1cc(Br)ccc1OC. The van der Waals surface area contributed by atoms with Gasteiger partial charge in [-0.25, -0.2) is 4.68 Å². The molecule has 0 spiro atoms. The van der Waals surface area contributed by atoms with Crippen LogP contribution in [0, 0.1) is 6.92 Å². The summed E-state index contributed by atoms with van der Waals surface area (Å²) in [6, 6.07) is 5.26. The second-order valence-corrected chi connectivity index (χ2v) is 6.23. The number of hydrogen-bond acceptors (Lipinski definition) is 5. The number of ether oxygens (including phenoxy) is 1. The van der Waals surface area contributed by atoms with E-state index in [0.717, 1.165) is 10.2 Å². The summed E-state index contributed by atoms with van der Waals surface area (Å²) < 4.78 is 7.60. The Hall–Kier alpha value is -1.54. The Morgan fingerprint density at radius 3 is 2.90 bits per heavy atom. The van der Waals surface area contributed by atoms with Crippen molar-refractivity contribution in [2.45, 2.75) is 19.0 Å². The van der Waals surface area contributed by atoms with Gasteiger partial charge >= 0.3 is 0 Å². The highest BCUT2D eigenvalue weighted by Gasteiger charge is 2.16. The van der Waals surface area contributed by atoms with Crippen molar-refractivity contribution in [3.05, 3.63) is 34.1 Å². The zero-order valence-electron chi connectivity index (χ0n) is 11.9. The fourth-order valence-electron chi connectivity index (χ4n) is 1.71. The molecule has 1 aromatic carbocycles. The Balaban J connectivity index is 2.30. The Morgan fingerprint density at radius 2 is 2.24 bits per heavy atom. The Morgan fingerprint density at radius 1 is 1.48 bits per heavy atom. The van der Waals surface area contributed by atoms with Crippen molar-refractivity contribution in [2.75, 3.05) is 18.3 Å².